The van der Waals surface area contributed by atoms with Crippen LogP contribution in [0.3, 0.4) is 0 Å². The molecule has 0 N–H and O–H groups in total. The van der Waals surface area contributed by atoms with E-state index in [4.69, 9.17) is 8.83 Å². The summed E-state index contributed by atoms with van der Waals surface area (Å²) in [7, 11) is 0. The van der Waals surface area contributed by atoms with Crippen molar-refractivity contribution in [2.75, 3.05) is 9.80 Å². The third kappa shape index (κ3) is 6.23. The molecule has 6 aromatic heterocycles. The van der Waals surface area contributed by atoms with Crippen LogP contribution in [0, 0.1) is 0 Å². The Balaban J connectivity index is 0.889. The van der Waals surface area contributed by atoms with Gasteiger partial charge in [-0.3, -0.25) is 0 Å². The van der Waals surface area contributed by atoms with Gasteiger partial charge in [0.25, 0.3) is 0 Å². The van der Waals surface area contributed by atoms with Crippen LogP contribution in [0.15, 0.2) is 288 Å². The molecule has 6 heterocycles. The minimum atomic E-state index is 0.863. The van der Waals surface area contributed by atoms with Gasteiger partial charge in [-0.2, -0.15) is 0 Å². The molecule has 13 aromatic carbocycles. The molecule has 0 saturated heterocycles. The molecule has 0 unspecified atom stereocenters. The summed E-state index contributed by atoms with van der Waals surface area (Å²) in [6.07, 6.45) is 0. The Morgan fingerprint density at radius 3 is 1.01 bits per heavy atom. The van der Waals surface area contributed by atoms with Crippen LogP contribution in [0.4, 0.5) is 34.1 Å². The van der Waals surface area contributed by atoms with Crippen molar-refractivity contribution in [1.82, 2.24) is 8.80 Å². The van der Waals surface area contributed by atoms with E-state index in [1.807, 2.05) is 24.3 Å². The van der Waals surface area contributed by atoms with Crippen LogP contribution >= 0.6 is 0 Å². The second-order valence-corrected chi connectivity index (χ2v) is 22.3. The third-order valence-electron chi connectivity index (χ3n) is 17.9. The molecule has 0 bridgehead atoms. The lowest BCUT2D eigenvalue weighted by molar-refractivity contribution is 0.668. The topological polar surface area (TPSA) is 41.6 Å². The highest BCUT2D eigenvalue weighted by Gasteiger charge is 2.31. The van der Waals surface area contributed by atoms with Gasteiger partial charge in [0.05, 0.1) is 33.1 Å². The van der Waals surface area contributed by atoms with E-state index >= 15 is 0 Å². The predicted molar refractivity (Wildman–Crippen MR) is 351 cm³/mol. The molecule has 0 fully saturated rings. The minimum Gasteiger partial charge on any atom is -0.456 e. The second kappa shape index (κ2) is 17.1. The highest BCUT2D eigenvalue weighted by Crippen LogP contribution is 2.55. The van der Waals surface area contributed by atoms with Gasteiger partial charge in [-0.05, 0) is 108 Å². The number of hydrogen-bond acceptors (Lipinski definition) is 4. The highest BCUT2D eigenvalue weighted by atomic mass is 16.3. The van der Waals surface area contributed by atoms with E-state index < -0.39 is 0 Å². The lowest BCUT2D eigenvalue weighted by Crippen LogP contribution is -2.09. The van der Waals surface area contributed by atoms with Crippen molar-refractivity contribution in [3.05, 3.63) is 279 Å². The molecule has 0 aliphatic heterocycles. The molecule has 0 aliphatic carbocycles. The van der Waals surface area contributed by atoms with Crippen LogP contribution in [-0.4, -0.2) is 8.80 Å². The Morgan fingerprint density at radius 2 is 0.571 bits per heavy atom. The number of hydrogen-bond donors (Lipinski definition) is 0. The fourth-order valence-electron chi connectivity index (χ4n) is 14.5. The molecule has 0 radical (unpaired) electrons. The van der Waals surface area contributed by atoms with Gasteiger partial charge < -0.3 is 27.4 Å². The molecule has 0 atom stereocenters. The summed E-state index contributed by atoms with van der Waals surface area (Å²) in [6.45, 7) is 0. The number of anilines is 6. The summed E-state index contributed by atoms with van der Waals surface area (Å²) in [5.74, 6) is 0. The SMILES string of the molecule is c1ccc(-c2c3c4cccc5c6cc(N(c7ccccc7)c7ccc8c(c7)oc7ccccc78)ccc6n(c3c(-c3ccccc3)c3c6cccc7c8cc(N(c9ccccc9)c9ccc%10c(c9)oc9ccccc9%10)ccc8n(c23)c76)c54)cc1. The summed E-state index contributed by atoms with van der Waals surface area (Å²) >= 11 is 0. The van der Waals surface area contributed by atoms with Crippen molar-refractivity contribution < 1.29 is 8.83 Å². The first-order valence-corrected chi connectivity index (χ1v) is 28.7. The van der Waals surface area contributed by atoms with Gasteiger partial charge in [-0.15, -0.1) is 0 Å². The number of benzene rings is 13. The fraction of sp³-hybridized carbons (Fsp3) is 0. The zero-order valence-electron chi connectivity index (χ0n) is 45.2. The van der Waals surface area contributed by atoms with Gasteiger partial charge in [0.2, 0.25) is 0 Å². The molecule has 0 amide bonds. The molecule has 6 heteroatoms. The molecule has 0 saturated carbocycles. The van der Waals surface area contributed by atoms with E-state index in [1.165, 1.54) is 87.4 Å². The summed E-state index contributed by atoms with van der Waals surface area (Å²) in [4.78, 5) is 4.72. The molecule has 19 rings (SSSR count). The number of para-hydroxylation sites is 6. The van der Waals surface area contributed by atoms with E-state index in [0.29, 0.717) is 0 Å². The van der Waals surface area contributed by atoms with E-state index in [2.05, 4.69) is 273 Å². The Labute approximate surface area is 480 Å². The van der Waals surface area contributed by atoms with Crippen LogP contribution in [0.25, 0.3) is 142 Å². The average Bonchev–Trinajstić information content (AvgIpc) is 1.54. The Bertz CT molecular complexity index is 5490. The van der Waals surface area contributed by atoms with E-state index in [1.54, 1.807) is 0 Å². The molecular weight excluding hydrogens is 1020 g/mol. The molecule has 0 spiro atoms. The lowest BCUT2D eigenvalue weighted by atomic mass is 9.89. The number of nitrogens with zero attached hydrogens (tertiary/aromatic N) is 4. The Morgan fingerprint density at radius 1 is 0.226 bits per heavy atom. The van der Waals surface area contributed by atoms with Gasteiger partial charge >= 0.3 is 0 Å². The zero-order chi connectivity index (χ0) is 54.7. The number of rotatable bonds is 8. The Kier molecular flexibility index (Phi) is 9.24. The van der Waals surface area contributed by atoms with Gasteiger partial charge in [-0.1, -0.05) is 170 Å². The van der Waals surface area contributed by atoms with Crippen LogP contribution in [-0.2, 0) is 0 Å². The van der Waals surface area contributed by atoms with Crippen molar-refractivity contribution in [3.8, 4) is 22.3 Å². The summed E-state index contributed by atoms with van der Waals surface area (Å²) < 4.78 is 18.2. The van der Waals surface area contributed by atoms with Crippen molar-refractivity contribution in [3.63, 3.8) is 0 Å². The van der Waals surface area contributed by atoms with Crippen LogP contribution in [0.1, 0.15) is 0 Å². The molecule has 0 aliphatic rings. The zero-order valence-corrected chi connectivity index (χ0v) is 45.2. The number of aromatic nitrogens is 2. The first kappa shape index (κ1) is 45.4. The second-order valence-electron chi connectivity index (χ2n) is 22.3. The molecule has 6 nitrogen and oxygen atoms in total. The summed E-state index contributed by atoms with van der Waals surface area (Å²) in [5, 5.41) is 14.2. The van der Waals surface area contributed by atoms with E-state index in [0.717, 1.165) is 89.0 Å². The molecule has 84 heavy (non-hydrogen) atoms. The van der Waals surface area contributed by atoms with E-state index in [-0.39, 0.29) is 0 Å². The lowest BCUT2D eigenvalue weighted by Gasteiger charge is -2.25. The highest BCUT2D eigenvalue weighted by molar-refractivity contribution is 6.38. The predicted octanol–water partition coefficient (Wildman–Crippen LogP) is 22.1. The molecule has 390 valence electrons. The van der Waals surface area contributed by atoms with Crippen molar-refractivity contribution >= 4 is 154 Å². The van der Waals surface area contributed by atoms with Crippen LogP contribution < -0.4 is 9.80 Å². The monoisotopic (exact) mass is 1070 g/mol. The normalized spacial score (nSPS) is 12.3. The molecular formula is C78H46N4O2. The smallest absolute Gasteiger partial charge is 0.137 e. The summed E-state index contributed by atoms with van der Waals surface area (Å²) in [6, 6.07) is 101. The maximum absolute atomic E-state index is 6.50. The van der Waals surface area contributed by atoms with Crippen LogP contribution in [0.2, 0.25) is 0 Å². The third-order valence-corrected chi connectivity index (χ3v) is 17.9. The summed E-state index contributed by atoms with van der Waals surface area (Å²) in [5.41, 5.74) is 21.8. The largest absolute Gasteiger partial charge is 0.456 e. The molecule has 19 aromatic rings. The first-order valence-electron chi connectivity index (χ1n) is 28.7. The van der Waals surface area contributed by atoms with Crippen molar-refractivity contribution in [2.24, 2.45) is 0 Å². The maximum Gasteiger partial charge on any atom is 0.137 e. The number of fused-ring (bicyclic) bond motifs is 18. The first-order chi connectivity index (χ1) is 41.7. The van der Waals surface area contributed by atoms with Crippen molar-refractivity contribution in [1.29, 1.82) is 0 Å². The number of furan rings is 2. The average molecular weight is 1070 g/mol. The Hall–Kier alpha value is -11.3. The fourth-order valence-corrected chi connectivity index (χ4v) is 14.5. The van der Waals surface area contributed by atoms with Gasteiger partial charge in [0.15, 0.2) is 0 Å². The quantitative estimate of drug-likeness (QED) is 0.152. The standard InChI is InChI=1S/C78H46N4O2/c1-5-19-47(20-6-1)71-73-61-31-17-29-59-64-44-52(80(50-25-11-4-12-26-50)54-36-40-58-56-28-14-16-34-68(56)84-70(58)46-54)38-42-66(64)82(75(59)61)78(73)72(48-21-7-2-8-22-48)74-62-32-18-30-60-63-43-51(37-41-65(63)81(76(60)62)77(71)74)79(49-23-9-3-10-24-49)53-35-39-57-55-27-13-15-33-67(55)83-69(57)45-53/h1-46H. The van der Waals surface area contributed by atoms with Crippen molar-refractivity contribution in [2.45, 2.75) is 0 Å². The van der Waals surface area contributed by atoms with E-state index in [9.17, 15) is 0 Å². The maximum atomic E-state index is 6.50. The minimum absolute atomic E-state index is 0.863. The van der Waals surface area contributed by atoms with Gasteiger partial charge in [-0.25, -0.2) is 0 Å². The van der Waals surface area contributed by atoms with Gasteiger partial charge in [0, 0.05) is 122 Å². The van der Waals surface area contributed by atoms with Crippen LogP contribution in [0.5, 0.6) is 0 Å². The van der Waals surface area contributed by atoms with Gasteiger partial charge in [0.1, 0.15) is 22.3 Å².